The number of hydrogen-bond donors (Lipinski definition) is 0. The summed E-state index contributed by atoms with van der Waals surface area (Å²) >= 11 is 7.71. The van der Waals surface area contributed by atoms with E-state index in [1.54, 1.807) is 0 Å². The van der Waals surface area contributed by atoms with E-state index in [2.05, 4.69) is 147 Å². The van der Waals surface area contributed by atoms with Gasteiger partial charge in [0, 0.05) is 25.3 Å². The number of hydrogen-bond acceptors (Lipinski definition) is 1. The van der Waals surface area contributed by atoms with Crippen LogP contribution in [0.15, 0.2) is 135 Å². The Morgan fingerprint density at radius 1 is 0.450 bits per heavy atom. The van der Waals surface area contributed by atoms with Gasteiger partial charge in [-0.2, -0.15) is 0 Å². The standard InChI is InChI=1S/C37H20Br2O/c38-21-13-15-25-23-7-1-2-8-24(23)26-16-14-22(39)20-33(26)37(32(25)19-21)30-11-5-3-10-29(30)35-31(37)18-17-28-27-9-4-6-12-34(27)40-36(28)35/h1-20H. The molecule has 0 unspecified atom stereocenters. The lowest BCUT2D eigenvalue weighted by Crippen LogP contribution is -2.29. The molecule has 0 amide bonds. The molecule has 1 heterocycles. The zero-order valence-electron chi connectivity index (χ0n) is 21.2. The van der Waals surface area contributed by atoms with Gasteiger partial charge in [-0.3, -0.25) is 0 Å². The fraction of sp³-hybridized carbons (Fsp3) is 0.0270. The molecule has 7 aromatic rings. The Balaban J connectivity index is 1.56. The molecule has 0 aliphatic heterocycles. The highest BCUT2D eigenvalue weighted by molar-refractivity contribution is 9.10. The van der Waals surface area contributed by atoms with E-state index in [0.29, 0.717) is 0 Å². The molecule has 1 aromatic heterocycles. The summed E-state index contributed by atoms with van der Waals surface area (Å²) in [5, 5.41) is 2.31. The van der Waals surface area contributed by atoms with Crippen molar-refractivity contribution in [2.24, 2.45) is 0 Å². The Morgan fingerprint density at radius 2 is 1.05 bits per heavy atom. The fourth-order valence-electron chi connectivity index (χ4n) is 7.34. The van der Waals surface area contributed by atoms with Crippen LogP contribution in [0.4, 0.5) is 0 Å². The lowest BCUT2D eigenvalue weighted by molar-refractivity contribution is 0.669. The molecule has 0 fully saturated rings. The molecule has 0 N–H and O–H groups in total. The highest BCUT2D eigenvalue weighted by atomic mass is 79.9. The van der Waals surface area contributed by atoms with Gasteiger partial charge in [0.15, 0.2) is 0 Å². The van der Waals surface area contributed by atoms with Gasteiger partial charge in [0.25, 0.3) is 0 Å². The average molecular weight is 640 g/mol. The lowest BCUT2D eigenvalue weighted by atomic mass is 9.66. The number of para-hydroxylation sites is 1. The van der Waals surface area contributed by atoms with Gasteiger partial charge in [-0.25, -0.2) is 0 Å². The quantitative estimate of drug-likeness (QED) is 0.161. The second-order valence-corrected chi connectivity index (χ2v) is 12.5. The van der Waals surface area contributed by atoms with Crippen molar-refractivity contribution in [1.29, 1.82) is 0 Å². The van der Waals surface area contributed by atoms with Gasteiger partial charge >= 0.3 is 0 Å². The summed E-state index contributed by atoms with van der Waals surface area (Å²) in [5.74, 6) is 0. The van der Waals surface area contributed by atoms with Crippen LogP contribution in [-0.4, -0.2) is 0 Å². The van der Waals surface area contributed by atoms with Gasteiger partial charge in [-0.1, -0.05) is 123 Å². The van der Waals surface area contributed by atoms with Crippen LogP contribution in [0.5, 0.6) is 0 Å². The van der Waals surface area contributed by atoms with E-state index in [0.717, 1.165) is 30.9 Å². The van der Waals surface area contributed by atoms with E-state index in [1.165, 1.54) is 55.6 Å². The molecule has 0 radical (unpaired) electrons. The second kappa shape index (κ2) is 8.06. The Kier molecular flexibility index (Phi) is 4.61. The molecule has 2 aliphatic rings. The Morgan fingerprint density at radius 3 is 1.75 bits per heavy atom. The number of benzene rings is 6. The monoisotopic (exact) mass is 638 g/mol. The number of halogens is 2. The first-order valence-corrected chi connectivity index (χ1v) is 15.0. The first-order chi connectivity index (χ1) is 19.7. The summed E-state index contributed by atoms with van der Waals surface area (Å²) < 4.78 is 8.82. The summed E-state index contributed by atoms with van der Waals surface area (Å²) in [7, 11) is 0. The first-order valence-electron chi connectivity index (χ1n) is 13.4. The minimum Gasteiger partial charge on any atom is -0.455 e. The smallest absolute Gasteiger partial charge is 0.143 e. The van der Waals surface area contributed by atoms with Crippen LogP contribution in [0.2, 0.25) is 0 Å². The van der Waals surface area contributed by atoms with Crippen LogP contribution in [-0.2, 0) is 5.41 Å². The van der Waals surface area contributed by atoms with Gasteiger partial charge in [0.1, 0.15) is 11.2 Å². The zero-order valence-corrected chi connectivity index (χ0v) is 24.4. The highest BCUT2D eigenvalue weighted by Gasteiger charge is 2.50. The van der Waals surface area contributed by atoms with Crippen molar-refractivity contribution < 1.29 is 4.42 Å². The minimum atomic E-state index is -0.545. The normalized spacial score (nSPS) is 13.9. The first kappa shape index (κ1) is 22.9. The van der Waals surface area contributed by atoms with Crippen LogP contribution >= 0.6 is 31.9 Å². The van der Waals surface area contributed by atoms with Gasteiger partial charge in [-0.05, 0) is 80.4 Å². The van der Waals surface area contributed by atoms with Crippen molar-refractivity contribution in [2.45, 2.75) is 5.41 Å². The van der Waals surface area contributed by atoms with Crippen LogP contribution < -0.4 is 0 Å². The number of rotatable bonds is 0. The van der Waals surface area contributed by atoms with Gasteiger partial charge in [-0.15, -0.1) is 0 Å². The molecule has 0 bridgehead atoms. The van der Waals surface area contributed by atoms with Crippen molar-refractivity contribution in [2.75, 3.05) is 0 Å². The summed E-state index contributed by atoms with van der Waals surface area (Å²) in [6, 6.07) is 44.3. The Labute approximate surface area is 248 Å². The van der Waals surface area contributed by atoms with Crippen molar-refractivity contribution in [3.05, 3.63) is 153 Å². The van der Waals surface area contributed by atoms with Crippen molar-refractivity contribution in [1.82, 2.24) is 0 Å². The summed E-state index contributed by atoms with van der Waals surface area (Å²) in [5.41, 5.74) is 13.8. The zero-order chi connectivity index (χ0) is 26.6. The molecule has 1 spiro atoms. The molecule has 0 atom stereocenters. The predicted molar refractivity (Wildman–Crippen MR) is 171 cm³/mol. The topological polar surface area (TPSA) is 13.1 Å². The molecule has 0 saturated heterocycles. The largest absolute Gasteiger partial charge is 0.455 e. The van der Waals surface area contributed by atoms with Crippen molar-refractivity contribution >= 4 is 53.8 Å². The van der Waals surface area contributed by atoms with E-state index in [9.17, 15) is 0 Å². The summed E-state index contributed by atoms with van der Waals surface area (Å²) in [4.78, 5) is 0. The number of fused-ring (bicyclic) bond motifs is 16. The highest BCUT2D eigenvalue weighted by Crippen LogP contribution is 2.63. The third kappa shape index (κ3) is 2.77. The van der Waals surface area contributed by atoms with Crippen molar-refractivity contribution in [3.8, 4) is 33.4 Å². The van der Waals surface area contributed by atoms with Crippen LogP contribution in [0.3, 0.4) is 0 Å². The maximum absolute atomic E-state index is 6.68. The van der Waals surface area contributed by atoms with E-state index < -0.39 is 5.41 Å². The van der Waals surface area contributed by atoms with Gasteiger partial charge in [0.05, 0.1) is 5.41 Å². The average Bonchev–Trinajstić information content (AvgIpc) is 3.48. The second-order valence-electron chi connectivity index (χ2n) is 10.7. The molecule has 6 aromatic carbocycles. The maximum Gasteiger partial charge on any atom is 0.143 e. The summed E-state index contributed by atoms with van der Waals surface area (Å²) in [6.45, 7) is 0. The molecule has 0 saturated carbocycles. The minimum absolute atomic E-state index is 0.545. The Hall–Kier alpha value is -3.92. The van der Waals surface area contributed by atoms with Crippen LogP contribution in [0.1, 0.15) is 22.3 Å². The van der Waals surface area contributed by atoms with Gasteiger partial charge in [0.2, 0.25) is 0 Å². The number of furan rings is 1. The molecule has 2 aliphatic carbocycles. The molecule has 3 heteroatoms. The van der Waals surface area contributed by atoms with Crippen molar-refractivity contribution in [3.63, 3.8) is 0 Å². The molecular formula is C37H20Br2O. The van der Waals surface area contributed by atoms with Gasteiger partial charge < -0.3 is 4.42 Å². The molecule has 9 rings (SSSR count). The predicted octanol–water partition coefficient (Wildman–Crippen LogP) is 11.1. The third-order valence-corrected chi connectivity index (χ3v) is 9.82. The molecule has 40 heavy (non-hydrogen) atoms. The third-order valence-electron chi connectivity index (χ3n) is 8.83. The van der Waals surface area contributed by atoms with E-state index in [1.807, 2.05) is 6.07 Å². The van der Waals surface area contributed by atoms with E-state index >= 15 is 0 Å². The Bertz CT molecular complexity index is 2130. The molecule has 1 nitrogen and oxygen atoms in total. The van der Waals surface area contributed by atoms with E-state index in [4.69, 9.17) is 4.42 Å². The summed E-state index contributed by atoms with van der Waals surface area (Å²) in [6.07, 6.45) is 0. The van der Waals surface area contributed by atoms with Crippen LogP contribution in [0.25, 0.3) is 55.3 Å². The molecular weight excluding hydrogens is 620 g/mol. The lowest BCUT2D eigenvalue weighted by Gasteiger charge is -2.35. The molecule has 188 valence electrons. The fourth-order valence-corrected chi connectivity index (χ4v) is 8.07. The maximum atomic E-state index is 6.68. The van der Waals surface area contributed by atoms with E-state index in [-0.39, 0.29) is 0 Å². The van der Waals surface area contributed by atoms with Crippen LogP contribution in [0, 0.1) is 0 Å². The SMILES string of the molecule is Brc1ccc2c(c1)C1(c3cc(Br)ccc3-c3ccccc3-2)c2ccccc2-c2c1ccc1c2oc2ccccc21.